The molecule has 104 valence electrons. The summed E-state index contributed by atoms with van der Waals surface area (Å²) in [4.78, 5) is 11.4. The summed E-state index contributed by atoms with van der Waals surface area (Å²) in [7, 11) is 0. The van der Waals surface area contributed by atoms with Crippen molar-refractivity contribution in [3.05, 3.63) is 35.6 Å². The van der Waals surface area contributed by atoms with Gasteiger partial charge in [-0.2, -0.15) is 0 Å². The van der Waals surface area contributed by atoms with Gasteiger partial charge in [-0.15, -0.1) is 0 Å². The molecule has 6 heteroatoms. The van der Waals surface area contributed by atoms with Crippen LogP contribution in [-0.4, -0.2) is 24.4 Å². The van der Waals surface area contributed by atoms with E-state index in [4.69, 9.17) is 0 Å². The number of alkyl halides is 2. The summed E-state index contributed by atoms with van der Waals surface area (Å²) in [6.45, 7) is 0.321. The van der Waals surface area contributed by atoms with Gasteiger partial charge < -0.3 is 10.6 Å². The Kier molecular flexibility index (Phi) is 3.80. The standard InChI is InChI=1S/C13H15F3N2O/c1-13(15,16)7-17-10-6-11(19)18-12(10)8-2-4-9(14)5-3-8/h2-5,10,12,17H,6-7H2,1H3,(H,18,19)/t10-,12+/m1/s1. The zero-order valence-corrected chi connectivity index (χ0v) is 10.4. The second-order valence-corrected chi connectivity index (χ2v) is 4.86. The van der Waals surface area contributed by atoms with Gasteiger partial charge in [0, 0.05) is 19.4 Å². The molecule has 3 nitrogen and oxygen atoms in total. The number of carbonyl (C=O) groups excluding carboxylic acids is 1. The summed E-state index contributed by atoms with van der Waals surface area (Å²) < 4.78 is 38.5. The smallest absolute Gasteiger partial charge is 0.257 e. The fourth-order valence-electron chi connectivity index (χ4n) is 2.14. The highest BCUT2D eigenvalue weighted by molar-refractivity contribution is 5.80. The summed E-state index contributed by atoms with van der Waals surface area (Å²) in [6.07, 6.45) is 0.137. The molecule has 0 radical (unpaired) electrons. The van der Waals surface area contributed by atoms with Gasteiger partial charge in [0.25, 0.3) is 5.92 Å². The van der Waals surface area contributed by atoms with E-state index in [9.17, 15) is 18.0 Å². The number of hydrogen-bond donors (Lipinski definition) is 2. The second-order valence-electron chi connectivity index (χ2n) is 4.86. The van der Waals surface area contributed by atoms with E-state index in [1.54, 1.807) is 12.1 Å². The van der Waals surface area contributed by atoms with Gasteiger partial charge in [0.2, 0.25) is 5.91 Å². The molecule has 1 amide bonds. The first-order valence-electron chi connectivity index (χ1n) is 6.01. The minimum absolute atomic E-state index is 0.137. The Labute approximate surface area is 109 Å². The third-order valence-corrected chi connectivity index (χ3v) is 3.03. The molecule has 1 aromatic rings. The van der Waals surface area contributed by atoms with E-state index in [1.807, 2.05) is 0 Å². The molecule has 2 atom stereocenters. The Morgan fingerprint density at radius 2 is 2.00 bits per heavy atom. The molecular formula is C13H15F3N2O. The van der Waals surface area contributed by atoms with Gasteiger partial charge in [-0.3, -0.25) is 4.79 Å². The molecule has 1 aliphatic rings. The molecule has 0 bridgehead atoms. The van der Waals surface area contributed by atoms with Crippen LogP contribution >= 0.6 is 0 Å². The van der Waals surface area contributed by atoms with Gasteiger partial charge in [-0.05, 0) is 17.7 Å². The normalized spacial score (nSPS) is 23.5. The van der Waals surface area contributed by atoms with Crippen LogP contribution in [0.1, 0.15) is 24.9 Å². The predicted octanol–water partition coefficient (Wildman–Crippen LogP) is 2.00. The number of amides is 1. The van der Waals surface area contributed by atoms with E-state index in [0.717, 1.165) is 6.92 Å². The Bertz CT molecular complexity index is 456. The van der Waals surface area contributed by atoms with E-state index in [0.29, 0.717) is 5.56 Å². The summed E-state index contributed by atoms with van der Waals surface area (Å²) in [5.74, 6) is -3.41. The van der Waals surface area contributed by atoms with Crippen molar-refractivity contribution in [1.82, 2.24) is 10.6 Å². The van der Waals surface area contributed by atoms with Gasteiger partial charge in [-0.1, -0.05) is 12.1 Å². The van der Waals surface area contributed by atoms with Crippen molar-refractivity contribution in [2.75, 3.05) is 6.54 Å². The van der Waals surface area contributed by atoms with E-state index < -0.39 is 24.6 Å². The molecule has 2 N–H and O–H groups in total. The summed E-state index contributed by atoms with van der Waals surface area (Å²) >= 11 is 0. The van der Waals surface area contributed by atoms with E-state index in [1.165, 1.54) is 12.1 Å². The lowest BCUT2D eigenvalue weighted by atomic mass is 10.0. The summed E-state index contributed by atoms with van der Waals surface area (Å²) in [5.41, 5.74) is 0.698. The van der Waals surface area contributed by atoms with Gasteiger partial charge in [-0.25, -0.2) is 13.2 Å². The largest absolute Gasteiger partial charge is 0.348 e. The van der Waals surface area contributed by atoms with Crippen LogP contribution in [0.5, 0.6) is 0 Å². The number of rotatable bonds is 4. The fourth-order valence-corrected chi connectivity index (χ4v) is 2.14. The maximum Gasteiger partial charge on any atom is 0.257 e. The Hall–Kier alpha value is -1.56. The zero-order valence-electron chi connectivity index (χ0n) is 10.4. The average Bonchev–Trinajstić information content (AvgIpc) is 2.68. The van der Waals surface area contributed by atoms with Gasteiger partial charge >= 0.3 is 0 Å². The first kappa shape index (κ1) is 13.9. The zero-order chi connectivity index (χ0) is 14.0. The van der Waals surface area contributed by atoms with Gasteiger partial charge in [0.05, 0.1) is 12.6 Å². The van der Waals surface area contributed by atoms with Crippen LogP contribution < -0.4 is 10.6 Å². The molecule has 0 saturated carbocycles. The van der Waals surface area contributed by atoms with Crippen LogP contribution in [0.3, 0.4) is 0 Å². The van der Waals surface area contributed by atoms with Crippen LogP contribution in [0, 0.1) is 5.82 Å². The molecule has 0 unspecified atom stereocenters. The number of halogens is 3. The van der Waals surface area contributed by atoms with Crippen molar-refractivity contribution in [1.29, 1.82) is 0 Å². The summed E-state index contributed by atoms with van der Waals surface area (Å²) in [5, 5.41) is 5.40. The van der Waals surface area contributed by atoms with E-state index in [2.05, 4.69) is 10.6 Å². The van der Waals surface area contributed by atoms with Crippen LogP contribution in [-0.2, 0) is 4.79 Å². The molecule has 1 saturated heterocycles. The summed E-state index contributed by atoms with van der Waals surface area (Å²) in [6, 6.07) is 4.84. The number of nitrogens with one attached hydrogen (secondary N) is 2. The molecule has 0 spiro atoms. The van der Waals surface area contributed by atoms with Crippen molar-refractivity contribution in [2.45, 2.75) is 31.4 Å². The van der Waals surface area contributed by atoms with Crippen molar-refractivity contribution in [3.63, 3.8) is 0 Å². The SMILES string of the molecule is CC(F)(F)CN[C@@H]1CC(=O)N[C@H]1c1ccc(F)cc1. The average molecular weight is 272 g/mol. The monoisotopic (exact) mass is 272 g/mol. The van der Waals surface area contributed by atoms with Gasteiger partial charge in [0.15, 0.2) is 0 Å². The Balaban J connectivity index is 2.09. The third kappa shape index (κ3) is 3.70. The molecule has 1 aromatic carbocycles. The first-order valence-corrected chi connectivity index (χ1v) is 6.01. The fraction of sp³-hybridized carbons (Fsp3) is 0.462. The Morgan fingerprint density at radius 3 is 2.58 bits per heavy atom. The number of hydrogen-bond acceptors (Lipinski definition) is 2. The van der Waals surface area contributed by atoms with Crippen LogP contribution in [0.4, 0.5) is 13.2 Å². The number of benzene rings is 1. The highest BCUT2D eigenvalue weighted by Gasteiger charge is 2.35. The van der Waals surface area contributed by atoms with Crippen molar-refractivity contribution in [2.24, 2.45) is 0 Å². The topological polar surface area (TPSA) is 41.1 Å². The molecular weight excluding hydrogens is 257 g/mol. The molecule has 0 aliphatic carbocycles. The third-order valence-electron chi connectivity index (χ3n) is 3.03. The first-order chi connectivity index (χ1) is 8.85. The molecule has 1 aliphatic heterocycles. The highest BCUT2D eigenvalue weighted by atomic mass is 19.3. The molecule has 2 rings (SSSR count). The van der Waals surface area contributed by atoms with Crippen molar-refractivity contribution >= 4 is 5.91 Å². The number of carbonyl (C=O) groups is 1. The molecule has 1 fully saturated rings. The predicted molar refractivity (Wildman–Crippen MR) is 64.3 cm³/mol. The minimum Gasteiger partial charge on any atom is -0.348 e. The van der Waals surface area contributed by atoms with E-state index in [-0.39, 0.29) is 18.1 Å². The Morgan fingerprint density at radius 1 is 1.37 bits per heavy atom. The van der Waals surface area contributed by atoms with Crippen molar-refractivity contribution < 1.29 is 18.0 Å². The molecule has 1 heterocycles. The maximum absolute atomic E-state index is 12.8. The lowest BCUT2D eigenvalue weighted by Crippen LogP contribution is -2.40. The van der Waals surface area contributed by atoms with Gasteiger partial charge in [0.1, 0.15) is 5.82 Å². The molecule has 0 aromatic heterocycles. The van der Waals surface area contributed by atoms with Crippen LogP contribution in [0.25, 0.3) is 0 Å². The highest BCUT2D eigenvalue weighted by Crippen LogP contribution is 2.25. The van der Waals surface area contributed by atoms with Crippen LogP contribution in [0.15, 0.2) is 24.3 Å². The lowest BCUT2D eigenvalue weighted by Gasteiger charge is -2.22. The second kappa shape index (κ2) is 5.21. The van der Waals surface area contributed by atoms with Crippen LogP contribution in [0.2, 0.25) is 0 Å². The molecule has 19 heavy (non-hydrogen) atoms. The lowest BCUT2D eigenvalue weighted by molar-refractivity contribution is -0.119. The minimum atomic E-state index is -2.83. The maximum atomic E-state index is 12.8. The quantitative estimate of drug-likeness (QED) is 0.880. The van der Waals surface area contributed by atoms with E-state index >= 15 is 0 Å². The van der Waals surface area contributed by atoms with Crippen molar-refractivity contribution in [3.8, 4) is 0 Å².